The molecule has 0 saturated heterocycles. The molecule has 5 rings (SSSR count). The van der Waals surface area contributed by atoms with Gasteiger partial charge in [-0.05, 0) is 29.6 Å². The van der Waals surface area contributed by atoms with Gasteiger partial charge in [0.1, 0.15) is 5.52 Å². The molecule has 8 heteroatoms. The molecule has 0 aliphatic heterocycles. The van der Waals surface area contributed by atoms with Gasteiger partial charge in [-0.25, -0.2) is 4.79 Å². The second-order valence-electron chi connectivity index (χ2n) is 6.17. The molecule has 0 N–H and O–H groups in total. The number of fused-ring (bicyclic) bond motifs is 1. The Kier molecular flexibility index (Phi) is 4.38. The summed E-state index contributed by atoms with van der Waals surface area (Å²) in [5, 5.41) is 10.6. The van der Waals surface area contributed by atoms with Crippen molar-refractivity contribution in [3.05, 3.63) is 77.5 Å². The van der Waals surface area contributed by atoms with Gasteiger partial charge in [-0.3, -0.25) is 0 Å². The quantitative estimate of drug-likeness (QED) is 0.383. The van der Waals surface area contributed by atoms with Gasteiger partial charge in [0.25, 0.3) is 5.89 Å². The third kappa shape index (κ3) is 3.41. The lowest BCUT2D eigenvalue weighted by Crippen LogP contribution is -2.05. The van der Waals surface area contributed by atoms with Crippen molar-refractivity contribution in [3.8, 4) is 22.0 Å². The number of aromatic nitrogens is 3. The SMILES string of the molecule is O=C(OCc1nc(-c2cccs2)no1)c1ccc2noc(-c3ccccc3)c2c1. The summed E-state index contributed by atoms with van der Waals surface area (Å²) in [5.41, 5.74) is 1.93. The van der Waals surface area contributed by atoms with Crippen molar-refractivity contribution in [2.24, 2.45) is 0 Å². The zero-order valence-corrected chi connectivity index (χ0v) is 15.8. The highest BCUT2D eigenvalue weighted by Crippen LogP contribution is 2.29. The molecule has 0 amide bonds. The lowest BCUT2D eigenvalue weighted by atomic mass is 10.1. The van der Waals surface area contributed by atoms with Crippen LogP contribution in [0.25, 0.3) is 32.9 Å². The molecule has 3 aromatic heterocycles. The minimum absolute atomic E-state index is 0.107. The first-order valence-electron chi connectivity index (χ1n) is 8.76. The van der Waals surface area contributed by atoms with E-state index in [-0.39, 0.29) is 12.5 Å². The predicted molar refractivity (Wildman–Crippen MR) is 106 cm³/mol. The van der Waals surface area contributed by atoms with E-state index in [4.69, 9.17) is 13.8 Å². The summed E-state index contributed by atoms with van der Waals surface area (Å²) in [4.78, 5) is 17.6. The first-order valence-corrected chi connectivity index (χ1v) is 9.64. The first-order chi connectivity index (χ1) is 14.3. The summed E-state index contributed by atoms with van der Waals surface area (Å²) in [6, 6.07) is 18.5. The Labute approximate surface area is 168 Å². The van der Waals surface area contributed by atoms with Crippen LogP contribution in [-0.4, -0.2) is 21.3 Å². The highest BCUT2D eigenvalue weighted by atomic mass is 32.1. The van der Waals surface area contributed by atoms with E-state index in [9.17, 15) is 4.79 Å². The van der Waals surface area contributed by atoms with Crippen LogP contribution in [0, 0.1) is 0 Å². The Bertz CT molecular complexity index is 1280. The highest BCUT2D eigenvalue weighted by Gasteiger charge is 2.16. The number of esters is 1. The lowest BCUT2D eigenvalue weighted by molar-refractivity contribution is 0.0430. The zero-order chi connectivity index (χ0) is 19.6. The van der Waals surface area contributed by atoms with Crippen molar-refractivity contribution < 1.29 is 18.6 Å². The topological polar surface area (TPSA) is 91.2 Å². The standard InChI is InChI=1S/C21H13N3O4S/c25-21(26-12-18-22-20(24-27-18)17-7-4-10-29-17)14-8-9-16-15(11-14)19(28-23-16)13-5-2-1-3-6-13/h1-11H,12H2. The smallest absolute Gasteiger partial charge is 0.338 e. The van der Waals surface area contributed by atoms with Crippen LogP contribution >= 0.6 is 11.3 Å². The van der Waals surface area contributed by atoms with Gasteiger partial charge in [0.05, 0.1) is 15.8 Å². The molecule has 0 fully saturated rings. The fourth-order valence-corrected chi connectivity index (χ4v) is 3.55. The molecule has 2 aromatic carbocycles. The molecule has 3 heterocycles. The van der Waals surface area contributed by atoms with Gasteiger partial charge in [0, 0.05) is 5.56 Å². The summed E-state index contributed by atoms with van der Waals surface area (Å²) in [5.74, 6) is 0.818. The van der Waals surface area contributed by atoms with Crippen molar-refractivity contribution >= 4 is 28.2 Å². The Hall–Kier alpha value is -3.78. The van der Waals surface area contributed by atoms with Crippen molar-refractivity contribution in [2.45, 2.75) is 6.61 Å². The van der Waals surface area contributed by atoms with Crippen LogP contribution in [0.2, 0.25) is 0 Å². The van der Waals surface area contributed by atoms with Crippen LogP contribution in [0.1, 0.15) is 16.2 Å². The van der Waals surface area contributed by atoms with Gasteiger partial charge in [0.15, 0.2) is 12.4 Å². The summed E-state index contributed by atoms with van der Waals surface area (Å²) < 4.78 is 16.0. The molecule has 0 atom stereocenters. The number of nitrogens with zero attached hydrogens (tertiary/aromatic N) is 3. The molecule has 29 heavy (non-hydrogen) atoms. The summed E-state index contributed by atoms with van der Waals surface area (Å²) in [6.07, 6.45) is 0. The molecular weight excluding hydrogens is 390 g/mol. The number of benzene rings is 2. The summed E-state index contributed by atoms with van der Waals surface area (Å²) >= 11 is 1.50. The molecule has 0 radical (unpaired) electrons. The maximum absolute atomic E-state index is 12.5. The fourth-order valence-electron chi connectivity index (χ4n) is 2.90. The van der Waals surface area contributed by atoms with Crippen LogP contribution in [0.15, 0.2) is 75.1 Å². The molecule has 0 saturated carbocycles. The molecule has 7 nitrogen and oxygen atoms in total. The normalized spacial score (nSPS) is 11.0. The van der Waals surface area contributed by atoms with Crippen LogP contribution in [0.5, 0.6) is 0 Å². The predicted octanol–water partition coefficient (Wildman–Crippen LogP) is 4.96. The third-order valence-electron chi connectivity index (χ3n) is 4.28. The minimum atomic E-state index is -0.497. The van der Waals surface area contributed by atoms with E-state index in [0.29, 0.717) is 22.7 Å². The van der Waals surface area contributed by atoms with Gasteiger partial charge in [-0.1, -0.05) is 46.7 Å². The fraction of sp³-hybridized carbons (Fsp3) is 0.0476. The Morgan fingerprint density at radius 2 is 1.90 bits per heavy atom. The second kappa shape index (κ2) is 7.33. The average molecular weight is 403 g/mol. The number of hydrogen-bond donors (Lipinski definition) is 0. The third-order valence-corrected chi connectivity index (χ3v) is 5.15. The Morgan fingerprint density at radius 1 is 1.00 bits per heavy atom. The molecule has 0 unspecified atom stereocenters. The highest BCUT2D eigenvalue weighted by molar-refractivity contribution is 7.13. The van der Waals surface area contributed by atoms with E-state index < -0.39 is 5.97 Å². The average Bonchev–Trinajstić information content (AvgIpc) is 3.52. The molecule has 0 aliphatic carbocycles. The number of carbonyl (C=O) groups excluding carboxylic acids is 1. The molecule has 142 valence electrons. The number of rotatable bonds is 5. The second-order valence-corrected chi connectivity index (χ2v) is 7.12. The summed E-state index contributed by atoms with van der Waals surface area (Å²) in [7, 11) is 0. The van der Waals surface area contributed by atoms with Gasteiger partial charge in [-0.15, -0.1) is 11.3 Å². The molecule has 5 aromatic rings. The monoisotopic (exact) mass is 403 g/mol. The van der Waals surface area contributed by atoms with E-state index in [1.54, 1.807) is 18.2 Å². The zero-order valence-electron chi connectivity index (χ0n) is 14.9. The van der Waals surface area contributed by atoms with Gasteiger partial charge in [0.2, 0.25) is 5.82 Å². The van der Waals surface area contributed by atoms with Gasteiger partial charge >= 0.3 is 5.97 Å². The van der Waals surface area contributed by atoms with Crippen molar-refractivity contribution in [1.29, 1.82) is 0 Å². The molecule has 0 spiro atoms. The van der Waals surface area contributed by atoms with E-state index in [2.05, 4.69) is 15.3 Å². The van der Waals surface area contributed by atoms with Crippen LogP contribution in [-0.2, 0) is 11.3 Å². The van der Waals surface area contributed by atoms with Crippen molar-refractivity contribution in [3.63, 3.8) is 0 Å². The maximum Gasteiger partial charge on any atom is 0.338 e. The number of hydrogen-bond acceptors (Lipinski definition) is 8. The largest absolute Gasteiger partial charge is 0.452 e. The van der Waals surface area contributed by atoms with Gasteiger partial charge in [-0.2, -0.15) is 4.98 Å². The molecule has 0 aliphatic rings. The minimum Gasteiger partial charge on any atom is -0.452 e. The lowest BCUT2D eigenvalue weighted by Gasteiger charge is -2.02. The Balaban J connectivity index is 1.35. The van der Waals surface area contributed by atoms with E-state index in [1.165, 1.54) is 11.3 Å². The molecular formula is C21H13N3O4S. The van der Waals surface area contributed by atoms with Crippen LogP contribution in [0.3, 0.4) is 0 Å². The van der Waals surface area contributed by atoms with Crippen LogP contribution in [0.4, 0.5) is 0 Å². The Morgan fingerprint density at radius 3 is 2.72 bits per heavy atom. The van der Waals surface area contributed by atoms with E-state index in [0.717, 1.165) is 15.8 Å². The number of ether oxygens (including phenoxy) is 1. The van der Waals surface area contributed by atoms with E-state index >= 15 is 0 Å². The van der Waals surface area contributed by atoms with Gasteiger partial charge < -0.3 is 13.8 Å². The first kappa shape index (κ1) is 17.3. The number of thiophene rings is 1. The van der Waals surface area contributed by atoms with Crippen LogP contribution < -0.4 is 0 Å². The maximum atomic E-state index is 12.5. The van der Waals surface area contributed by atoms with Crippen molar-refractivity contribution in [2.75, 3.05) is 0 Å². The van der Waals surface area contributed by atoms with Crippen molar-refractivity contribution in [1.82, 2.24) is 15.3 Å². The number of carbonyl (C=O) groups is 1. The molecule has 0 bridgehead atoms. The van der Waals surface area contributed by atoms with E-state index in [1.807, 2.05) is 47.8 Å². The summed E-state index contributed by atoms with van der Waals surface area (Å²) in [6.45, 7) is -0.107.